The van der Waals surface area contributed by atoms with Gasteiger partial charge in [0.25, 0.3) is 5.91 Å². The molecule has 2 fully saturated rings. The molecule has 0 spiro atoms. The van der Waals surface area contributed by atoms with Crippen molar-refractivity contribution in [3.05, 3.63) is 53.7 Å². The summed E-state index contributed by atoms with van der Waals surface area (Å²) in [6.45, 7) is 4.91. The number of carbonyl (C=O) groups excluding carboxylic acids is 1. The summed E-state index contributed by atoms with van der Waals surface area (Å²) in [5.41, 5.74) is 3.66. The van der Waals surface area contributed by atoms with Gasteiger partial charge in [0.05, 0.1) is 5.69 Å². The van der Waals surface area contributed by atoms with Crippen molar-refractivity contribution in [2.45, 2.75) is 19.4 Å². The topological polar surface area (TPSA) is 45.2 Å². The van der Waals surface area contributed by atoms with E-state index in [1.807, 2.05) is 48.2 Å². The van der Waals surface area contributed by atoms with Crippen molar-refractivity contribution in [2.75, 3.05) is 19.6 Å². The number of fused-ring (bicyclic) bond motifs is 1. The molecule has 1 aromatic carbocycles. The van der Waals surface area contributed by atoms with Gasteiger partial charge in [0.2, 0.25) is 0 Å². The van der Waals surface area contributed by atoms with E-state index in [0.29, 0.717) is 12.0 Å². The van der Waals surface area contributed by atoms with E-state index in [2.05, 4.69) is 10.3 Å². The summed E-state index contributed by atoms with van der Waals surface area (Å²) in [5, 5.41) is 3.40. The molecule has 2 saturated heterocycles. The van der Waals surface area contributed by atoms with Crippen LogP contribution in [0.2, 0.25) is 0 Å². The minimum atomic E-state index is 0.138. The molecule has 2 aliphatic heterocycles. The first-order valence-corrected chi connectivity index (χ1v) is 8.28. The maximum absolute atomic E-state index is 13.1. The first-order valence-electron chi connectivity index (χ1n) is 8.28. The minimum absolute atomic E-state index is 0.138. The number of hydrogen-bond donors (Lipinski definition) is 1. The Balaban J connectivity index is 1.68. The fourth-order valence-electron chi connectivity index (χ4n) is 3.69. The van der Waals surface area contributed by atoms with Crippen LogP contribution in [-0.4, -0.2) is 41.5 Å². The van der Waals surface area contributed by atoms with Crippen LogP contribution in [-0.2, 0) is 0 Å². The summed E-state index contributed by atoms with van der Waals surface area (Å²) in [7, 11) is 0. The van der Waals surface area contributed by atoms with Crippen LogP contribution < -0.4 is 5.32 Å². The first kappa shape index (κ1) is 14.4. The van der Waals surface area contributed by atoms with Crippen LogP contribution in [0.25, 0.3) is 11.3 Å². The lowest BCUT2D eigenvalue weighted by Crippen LogP contribution is -2.65. The molecule has 1 amide bonds. The zero-order valence-corrected chi connectivity index (χ0v) is 13.3. The Morgan fingerprint density at radius 3 is 3.00 bits per heavy atom. The van der Waals surface area contributed by atoms with E-state index >= 15 is 0 Å². The fourth-order valence-corrected chi connectivity index (χ4v) is 3.69. The molecule has 2 atom stereocenters. The van der Waals surface area contributed by atoms with Gasteiger partial charge >= 0.3 is 0 Å². The predicted molar refractivity (Wildman–Crippen MR) is 90.2 cm³/mol. The Morgan fingerprint density at radius 2 is 2.22 bits per heavy atom. The van der Waals surface area contributed by atoms with Crippen LogP contribution in [0, 0.1) is 12.8 Å². The Bertz CT molecular complexity index is 729. The summed E-state index contributed by atoms with van der Waals surface area (Å²) in [4.78, 5) is 19.5. The Kier molecular flexibility index (Phi) is 3.62. The number of likely N-dealkylation sites (tertiary alicyclic amines) is 1. The molecule has 0 bridgehead atoms. The van der Waals surface area contributed by atoms with Crippen molar-refractivity contribution in [3.63, 3.8) is 0 Å². The van der Waals surface area contributed by atoms with Gasteiger partial charge < -0.3 is 10.2 Å². The molecule has 4 rings (SSSR count). The monoisotopic (exact) mass is 307 g/mol. The van der Waals surface area contributed by atoms with Gasteiger partial charge in [-0.1, -0.05) is 23.8 Å². The molecular weight excluding hydrogens is 286 g/mol. The predicted octanol–water partition coefficient (Wildman–Crippen LogP) is 2.49. The number of benzene rings is 1. The van der Waals surface area contributed by atoms with Crippen LogP contribution in [0.5, 0.6) is 0 Å². The number of rotatable bonds is 2. The molecule has 2 aliphatic rings. The highest BCUT2D eigenvalue weighted by Crippen LogP contribution is 2.33. The van der Waals surface area contributed by atoms with E-state index in [1.165, 1.54) is 6.42 Å². The van der Waals surface area contributed by atoms with Crippen molar-refractivity contribution in [2.24, 2.45) is 5.92 Å². The number of aromatic nitrogens is 1. The van der Waals surface area contributed by atoms with Crippen LogP contribution in [0.3, 0.4) is 0 Å². The summed E-state index contributed by atoms with van der Waals surface area (Å²) < 4.78 is 0. The Hall–Kier alpha value is -2.20. The van der Waals surface area contributed by atoms with Crippen molar-refractivity contribution < 1.29 is 4.79 Å². The van der Waals surface area contributed by atoms with E-state index in [0.717, 1.165) is 42.0 Å². The fraction of sp³-hybridized carbons (Fsp3) is 0.368. The van der Waals surface area contributed by atoms with Crippen molar-refractivity contribution in [3.8, 4) is 11.3 Å². The van der Waals surface area contributed by atoms with Gasteiger partial charge in [-0.05, 0) is 44.0 Å². The number of piperidine rings is 1. The number of nitrogens with zero attached hydrogens (tertiary/aromatic N) is 2. The van der Waals surface area contributed by atoms with Gasteiger partial charge in [0.15, 0.2) is 0 Å². The number of aryl methyl sites for hydroxylation is 1. The first-order chi connectivity index (χ1) is 11.2. The van der Waals surface area contributed by atoms with Gasteiger partial charge in [-0.3, -0.25) is 9.78 Å². The molecule has 2 unspecified atom stereocenters. The molecule has 3 heterocycles. The third kappa shape index (κ3) is 2.53. The molecule has 23 heavy (non-hydrogen) atoms. The normalized spacial score (nSPS) is 23.1. The number of amides is 1. The largest absolute Gasteiger partial charge is 0.334 e. The summed E-state index contributed by atoms with van der Waals surface area (Å²) in [6, 6.07) is 12.2. The average molecular weight is 307 g/mol. The van der Waals surface area contributed by atoms with Gasteiger partial charge in [0, 0.05) is 36.5 Å². The zero-order valence-electron chi connectivity index (χ0n) is 13.3. The number of carbonyl (C=O) groups is 1. The average Bonchev–Trinajstić information content (AvgIpc) is 2.56. The molecule has 118 valence electrons. The van der Waals surface area contributed by atoms with E-state index in [1.54, 1.807) is 6.20 Å². The second kappa shape index (κ2) is 5.78. The van der Waals surface area contributed by atoms with Crippen LogP contribution in [0.1, 0.15) is 22.3 Å². The smallest absolute Gasteiger partial charge is 0.254 e. The standard InChI is InChI=1S/C19H21N3O/c1-13-5-6-15(17-4-2-3-8-21-17)16(10-13)19(23)22-12-14-7-9-20-11-18(14)22/h2-6,8,10,14,18,20H,7,9,11-12H2,1H3. The van der Waals surface area contributed by atoms with Crippen molar-refractivity contribution in [1.82, 2.24) is 15.2 Å². The van der Waals surface area contributed by atoms with Crippen molar-refractivity contribution in [1.29, 1.82) is 0 Å². The number of nitrogens with one attached hydrogen (secondary N) is 1. The second-order valence-corrected chi connectivity index (χ2v) is 6.54. The third-order valence-corrected chi connectivity index (χ3v) is 5.03. The Labute approximate surface area is 136 Å². The van der Waals surface area contributed by atoms with Gasteiger partial charge in [0.1, 0.15) is 0 Å². The summed E-state index contributed by atoms with van der Waals surface area (Å²) in [5.74, 6) is 0.808. The molecular formula is C19H21N3O. The highest BCUT2D eigenvalue weighted by atomic mass is 16.2. The molecule has 4 nitrogen and oxygen atoms in total. The number of pyridine rings is 1. The van der Waals surface area contributed by atoms with Crippen LogP contribution in [0.15, 0.2) is 42.6 Å². The summed E-state index contributed by atoms with van der Waals surface area (Å²) in [6.07, 6.45) is 2.95. The lowest BCUT2D eigenvalue weighted by Gasteiger charge is -2.51. The Morgan fingerprint density at radius 1 is 1.30 bits per heavy atom. The zero-order chi connectivity index (χ0) is 15.8. The summed E-state index contributed by atoms with van der Waals surface area (Å²) >= 11 is 0. The molecule has 0 radical (unpaired) electrons. The maximum Gasteiger partial charge on any atom is 0.254 e. The highest BCUT2D eigenvalue weighted by molar-refractivity contribution is 6.01. The number of hydrogen-bond acceptors (Lipinski definition) is 3. The molecule has 0 aliphatic carbocycles. The molecule has 1 N–H and O–H groups in total. The van der Waals surface area contributed by atoms with Crippen LogP contribution in [0.4, 0.5) is 0 Å². The SMILES string of the molecule is Cc1ccc(-c2ccccn2)c(C(=O)N2CC3CCNCC32)c1. The lowest BCUT2D eigenvalue weighted by molar-refractivity contribution is 0.00286. The molecule has 4 heteroatoms. The third-order valence-electron chi connectivity index (χ3n) is 5.03. The van der Waals surface area contributed by atoms with Gasteiger partial charge in [-0.15, -0.1) is 0 Å². The van der Waals surface area contributed by atoms with E-state index in [4.69, 9.17) is 0 Å². The second-order valence-electron chi connectivity index (χ2n) is 6.54. The van der Waals surface area contributed by atoms with E-state index in [-0.39, 0.29) is 5.91 Å². The molecule has 2 aromatic rings. The highest BCUT2D eigenvalue weighted by Gasteiger charge is 2.43. The molecule has 1 aromatic heterocycles. The van der Waals surface area contributed by atoms with Gasteiger partial charge in [-0.2, -0.15) is 0 Å². The molecule has 0 saturated carbocycles. The van der Waals surface area contributed by atoms with Gasteiger partial charge in [-0.25, -0.2) is 0 Å². The van der Waals surface area contributed by atoms with E-state index in [9.17, 15) is 4.79 Å². The minimum Gasteiger partial charge on any atom is -0.334 e. The quantitative estimate of drug-likeness (QED) is 0.927. The van der Waals surface area contributed by atoms with Crippen LogP contribution >= 0.6 is 0 Å². The lowest BCUT2D eigenvalue weighted by atomic mass is 9.82. The van der Waals surface area contributed by atoms with Crippen molar-refractivity contribution >= 4 is 5.91 Å². The van der Waals surface area contributed by atoms with E-state index < -0.39 is 0 Å². The maximum atomic E-state index is 13.1.